The minimum atomic E-state index is -3.62. The van der Waals surface area contributed by atoms with Gasteiger partial charge in [0.05, 0.1) is 10.8 Å². The standard InChI is InChI=1S/C25H29N3O6S/c1-18-8-10-21(11-9-18)28-17-20(16-23(28)29)25(31)34-19(2)24(30)26-12-14-27(15-13-26)35(32,33)22-6-4-3-5-7-22/h3-11,19-20H,12-17H2,1-2H3. The highest BCUT2D eigenvalue weighted by Gasteiger charge is 2.38. The lowest BCUT2D eigenvalue weighted by Crippen LogP contribution is -2.53. The van der Waals surface area contributed by atoms with E-state index in [1.54, 1.807) is 35.2 Å². The molecule has 186 valence electrons. The Morgan fingerprint density at radius 2 is 1.60 bits per heavy atom. The second-order valence-corrected chi connectivity index (χ2v) is 10.8. The zero-order valence-electron chi connectivity index (χ0n) is 19.8. The van der Waals surface area contributed by atoms with Crippen molar-refractivity contribution in [2.45, 2.75) is 31.3 Å². The third-order valence-electron chi connectivity index (χ3n) is 6.38. The van der Waals surface area contributed by atoms with E-state index in [9.17, 15) is 22.8 Å². The maximum absolute atomic E-state index is 12.9. The van der Waals surface area contributed by atoms with Crippen LogP contribution < -0.4 is 4.90 Å². The van der Waals surface area contributed by atoms with E-state index in [2.05, 4.69) is 0 Å². The summed E-state index contributed by atoms with van der Waals surface area (Å²) in [6.45, 7) is 4.39. The summed E-state index contributed by atoms with van der Waals surface area (Å²) in [6.07, 6.45) is -0.993. The number of carbonyl (C=O) groups excluding carboxylic acids is 3. The highest BCUT2D eigenvalue weighted by atomic mass is 32.2. The van der Waals surface area contributed by atoms with Crippen molar-refractivity contribution >= 4 is 33.5 Å². The maximum atomic E-state index is 12.9. The van der Waals surface area contributed by atoms with Crippen molar-refractivity contribution in [1.82, 2.24) is 9.21 Å². The van der Waals surface area contributed by atoms with Crippen LogP contribution in [0.4, 0.5) is 5.69 Å². The van der Waals surface area contributed by atoms with Crippen LogP contribution in [-0.2, 0) is 29.1 Å². The van der Waals surface area contributed by atoms with Gasteiger partial charge in [0.25, 0.3) is 5.91 Å². The number of benzene rings is 2. The second kappa shape index (κ2) is 10.2. The molecular weight excluding hydrogens is 470 g/mol. The Morgan fingerprint density at radius 3 is 2.23 bits per heavy atom. The molecule has 4 rings (SSSR count). The molecule has 9 nitrogen and oxygen atoms in total. The SMILES string of the molecule is Cc1ccc(N2CC(C(=O)OC(C)C(=O)N3CCN(S(=O)(=O)c4ccccc4)CC3)CC2=O)cc1. The molecule has 2 aromatic carbocycles. The molecule has 35 heavy (non-hydrogen) atoms. The lowest BCUT2D eigenvalue weighted by atomic mass is 10.1. The van der Waals surface area contributed by atoms with Gasteiger partial charge in [0.1, 0.15) is 0 Å². The molecular formula is C25H29N3O6S. The fraction of sp³-hybridized carbons (Fsp3) is 0.400. The van der Waals surface area contributed by atoms with Gasteiger partial charge in [-0.1, -0.05) is 35.9 Å². The van der Waals surface area contributed by atoms with Crippen LogP contribution in [0.3, 0.4) is 0 Å². The van der Waals surface area contributed by atoms with Gasteiger partial charge in [0.2, 0.25) is 15.9 Å². The van der Waals surface area contributed by atoms with Gasteiger partial charge >= 0.3 is 5.97 Å². The molecule has 2 aliphatic heterocycles. The van der Waals surface area contributed by atoms with Gasteiger partial charge in [-0.3, -0.25) is 14.4 Å². The number of esters is 1. The first-order chi connectivity index (χ1) is 16.7. The van der Waals surface area contributed by atoms with Gasteiger partial charge in [0, 0.05) is 44.8 Å². The van der Waals surface area contributed by atoms with Crippen LogP contribution in [0.5, 0.6) is 0 Å². The Morgan fingerprint density at radius 1 is 0.971 bits per heavy atom. The monoisotopic (exact) mass is 499 g/mol. The van der Waals surface area contributed by atoms with Gasteiger partial charge in [-0.05, 0) is 38.1 Å². The Balaban J connectivity index is 1.30. The molecule has 0 N–H and O–H groups in total. The van der Waals surface area contributed by atoms with Gasteiger partial charge in [-0.2, -0.15) is 4.31 Å². The van der Waals surface area contributed by atoms with E-state index in [1.165, 1.54) is 16.1 Å². The van der Waals surface area contributed by atoms with Gasteiger partial charge < -0.3 is 14.5 Å². The number of piperazine rings is 1. The largest absolute Gasteiger partial charge is 0.452 e. The van der Waals surface area contributed by atoms with Crippen LogP contribution in [0.25, 0.3) is 0 Å². The summed E-state index contributed by atoms with van der Waals surface area (Å²) in [7, 11) is -3.62. The lowest BCUT2D eigenvalue weighted by Gasteiger charge is -2.35. The molecule has 2 unspecified atom stereocenters. The average Bonchev–Trinajstić information content (AvgIpc) is 3.26. The fourth-order valence-electron chi connectivity index (χ4n) is 4.31. The van der Waals surface area contributed by atoms with Crippen LogP contribution in [0.2, 0.25) is 0 Å². The highest BCUT2D eigenvalue weighted by Crippen LogP contribution is 2.26. The molecule has 10 heteroatoms. The smallest absolute Gasteiger partial charge is 0.312 e. The first kappa shape index (κ1) is 24.9. The molecule has 2 fully saturated rings. The first-order valence-corrected chi connectivity index (χ1v) is 13.0. The predicted octanol–water partition coefficient (Wildman–Crippen LogP) is 1.81. The third-order valence-corrected chi connectivity index (χ3v) is 8.29. The van der Waals surface area contributed by atoms with Crippen molar-refractivity contribution in [3.63, 3.8) is 0 Å². The molecule has 2 aliphatic rings. The predicted molar refractivity (Wildman–Crippen MR) is 129 cm³/mol. The second-order valence-electron chi connectivity index (χ2n) is 8.86. The first-order valence-electron chi connectivity index (χ1n) is 11.6. The van der Waals surface area contributed by atoms with E-state index in [0.29, 0.717) is 0 Å². The number of anilines is 1. The van der Waals surface area contributed by atoms with Crippen molar-refractivity contribution in [2.24, 2.45) is 5.92 Å². The average molecular weight is 500 g/mol. The number of amides is 2. The molecule has 2 aromatic rings. The van der Waals surface area contributed by atoms with Crippen molar-refractivity contribution in [2.75, 3.05) is 37.6 Å². The number of sulfonamides is 1. The van der Waals surface area contributed by atoms with Crippen LogP contribution >= 0.6 is 0 Å². The maximum Gasteiger partial charge on any atom is 0.312 e. The van der Waals surface area contributed by atoms with E-state index in [-0.39, 0.29) is 55.9 Å². The molecule has 2 heterocycles. The Kier molecular flexibility index (Phi) is 7.23. The number of aryl methyl sites for hydroxylation is 1. The summed E-state index contributed by atoms with van der Waals surface area (Å²) in [5, 5.41) is 0. The van der Waals surface area contributed by atoms with Crippen molar-refractivity contribution in [3.8, 4) is 0 Å². The van der Waals surface area contributed by atoms with E-state index in [4.69, 9.17) is 4.74 Å². The Hall–Kier alpha value is -3.24. The van der Waals surface area contributed by atoms with E-state index in [0.717, 1.165) is 11.3 Å². The van der Waals surface area contributed by atoms with Gasteiger partial charge in [0.15, 0.2) is 6.10 Å². The van der Waals surface area contributed by atoms with Crippen molar-refractivity contribution in [3.05, 3.63) is 60.2 Å². The number of carbonyl (C=O) groups is 3. The quantitative estimate of drug-likeness (QED) is 0.562. The van der Waals surface area contributed by atoms with Gasteiger partial charge in [-0.15, -0.1) is 0 Å². The summed E-state index contributed by atoms with van der Waals surface area (Å²) in [4.78, 5) is 41.3. The number of rotatable bonds is 6. The van der Waals surface area contributed by atoms with E-state index < -0.39 is 28.0 Å². The minimum absolute atomic E-state index is 0.0314. The summed E-state index contributed by atoms with van der Waals surface area (Å²) in [6, 6.07) is 15.7. The van der Waals surface area contributed by atoms with Crippen LogP contribution in [-0.4, -0.2) is 74.2 Å². The number of hydrogen-bond donors (Lipinski definition) is 0. The molecule has 0 spiro atoms. The molecule has 0 aromatic heterocycles. The zero-order valence-corrected chi connectivity index (χ0v) is 20.6. The Labute approximate surface area is 205 Å². The normalized spacial score (nSPS) is 20.1. The van der Waals surface area contributed by atoms with Crippen molar-refractivity contribution < 1.29 is 27.5 Å². The minimum Gasteiger partial charge on any atom is -0.452 e. The molecule has 2 amide bonds. The molecule has 2 atom stereocenters. The summed E-state index contributed by atoms with van der Waals surface area (Å²) < 4.78 is 32.3. The molecule has 2 saturated heterocycles. The van der Waals surface area contributed by atoms with Crippen LogP contribution in [0, 0.1) is 12.8 Å². The van der Waals surface area contributed by atoms with Crippen LogP contribution in [0.1, 0.15) is 18.9 Å². The van der Waals surface area contributed by atoms with E-state index >= 15 is 0 Å². The molecule has 0 radical (unpaired) electrons. The zero-order chi connectivity index (χ0) is 25.2. The van der Waals surface area contributed by atoms with Gasteiger partial charge in [-0.25, -0.2) is 8.42 Å². The lowest BCUT2D eigenvalue weighted by molar-refractivity contribution is -0.162. The number of ether oxygens (including phenoxy) is 1. The number of hydrogen-bond acceptors (Lipinski definition) is 6. The van der Waals surface area contributed by atoms with E-state index in [1.807, 2.05) is 31.2 Å². The molecule has 0 bridgehead atoms. The number of nitrogens with zero attached hydrogens (tertiary/aromatic N) is 3. The van der Waals surface area contributed by atoms with Crippen molar-refractivity contribution in [1.29, 1.82) is 0 Å². The highest BCUT2D eigenvalue weighted by molar-refractivity contribution is 7.89. The molecule has 0 aliphatic carbocycles. The summed E-state index contributed by atoms with van der Waals surface area (Å²) in [5.41, 5.74) is 1.80. The third kappa shape index (κ3) is 5.38. The van der Waals surface area contributed by atoms with Crippen LogP contribution in [0.15, 0.2) is 59.5 Å². The Bertz CT molecular complexity index is 1190. The topological polar surface area (TPSA) is 104 Å². The molecule has 0 saturated carbocycles. The summed E-state index contributed by atoms with van der Waals surface area (Å²) >= 11 is 0. The summed E-state index contributed by atoms with van der Waals surface area (Å²) in [5.74, 6) is -1.77. The fourth-order valence-corrected chi connectivity index (χ4v) is 5.75.